The summed E-state index contributed by atoms with van der Waals surface area (Å²) in [7, 11) is 1.59. The van der Waals surface area contributed by atoms with E-state index in [0.29, 0.717) is 6.54 Å². The Morgan fingerprint density at radius 3 is 2.62 bits per heavy atom. The predicted octanol–water partition coefficient (Wildman–Crippen LogP) is 1.72. The minimum atomic E-state index is -0.913. The van der Waals surface area contributed by atoms with Crippen molar-refractivity contribution in [3.63, 3.8) is 0 Å². The van der Waals surface area contributed by atoms with Crippen molar-refractivity contribution in [3.05, 3.63) is 30.1 Å². The van der Waals surface area contributed by atoms with Crippen LogP contribution < -0.4 is 5.32 Å². The maximum atomic E-state index is 12.0. The Morgan fingerprint density at radius 1 is 1.43 bits per heavy atom. The van der Waals surface area contributed by atoms with Crippen LogP contribution in [0.2, 0.25) is 0 Å². The molecule has 0 aromatic carbocycles. The molecule has 0 radical (unpaired) electrons. The number of carbonyl (C=O) groups is 2. The number of urea groups is 1. The van der Waals surface area contributed by atoms with Crippen molar-refractivity contribution >= 4 is 12.0 Å². The monoisotopic (exact) mass is 293 g/mol. The number of hydrogen-bond acceptors (Lipinski definition) is 3. The number of carboxylic acids is 1. The molecule has 1 atom stereocenters. The lowest BCUT2D eigenvalue weighted by atomic mass is 9.89. The lowest BCUT2D eigenvalue weighted by molar-refractivity contribution is -0.141. The molecule has 1 rings (SSSR count). The van der Waals surface area contributed by atoms with Crippen molar-refractivity contribution in [1.29, 1.82) is 0 Å². The van der Waals surface area contributed by atoms with Crippen molar-refractivity contribution in [2.24, 2.45) is 5.92 Å². The molecule has 0 fully saturated rings. The summed E-state index contributed by atoms with van der Waals surface area (Å²) >= 11 is 0. The molecular formula is C15H23N3O3. The summed E-state index contributed by atoms with van der Waals surface area (Å²) in [6, 6.07) is 5.39. The largest absolute Gasteiger partial charge is 0.481 e. The second-order valence-corrected chi connectivity index (χ2v) is 5.88. The van der Waals surface area contributed by atoms with Crippen molar-refractivity contribution in [1.82, 2.24) is 15.2 Å². The topological polar surface area (TPSA) is 82.5 Å². The van der Waals surface area contributed by atoms with Crippen LogP contribution in [0.1, 0.15) is 26.5 Å². The van der Waals surface area contributed by atoms with E-state index in [9.17, 15) is 9.59 Å². The van der Waals surface area contributed by atoms with Crippen LogP contribution in [0.4, 0.5) is 4.79 Å². The van der Waals surface area contributed by atoms with Crippen LogP contribution in [0.15, 0.2) is 24.4 Å². The zero-order chi connectivity index (χ0) is 16.0. The predicted molar refractivity (Wildman–Crippen MR) is 80.1 cm³/mol. The Balaban J connectivity index is 2.54. The van der Waals surface area contributed by atoms with E-state index in [1.807, 2.05) is 32.0 Å². The first kappa shape index (κ1) is 16.9. The highest BCUT2D eigenvalue weighted by Crippen LogP contribution is 2.19. The third-order valence-electron chi connectivity index (χ3n) is 3.36. The number of carboxylic acid groups (broad SMARTS) is 1. The molecule has 0 bridgehead atoms. The van der Waals surface area contributed by atoms with Gasteiger partial charge in [-0.25, -0.2) is 4.79 Å². The van der Waals surface area contributed by atoms with Gasteiger partial charge < -0.3 is 15.3 Å². The minimum absolute atomic E-state index is 0.172. The van der Waals surface area contributed by atoms with Gasteiger partial charge in [-0.3, -0.25) is 9.78 Å². The maximum absolute atomic E-state index is 12.0. The number of aliphatic carboxylic acids is 1. The van der Waals surface area contributed by atoms with Gasteiger partial charge in [-0.15, -0.1) is 0 Å². The van der Waals surface area contributed by atoms with E-state index < -0.39 is 11.9 Å². The SMILES string of the molecule is CC(CN(C)C(=O)NCC(C)(C)c1ccccn1)C(=O)O. The second kappa shape index (κ2) is 7.06. The van der Waals surface area contributed by atoms with E-state index in [0.717, 1.165) is 5.69 Å². The van der Waals surface area contributed by atoms with Gasteiger partial charge in [-0.1, -0.05) is 26.8 Å². The van der Waals surface area contributed by atoms with E-state index in [-0.39, 0.29) is 18.0 Å². The number of hydrogen-bond donors (Lipinski definition) is 2. The Hall–Kier alpha value is -2.11. The van der Waals surface area contributed by atoms with Gasteiger partial charge in [0.1, 0.15) is 0 Å². The van der Waals surface area contributed by atoms with Crippen LogP contribution in [0.3, 0.4) is 0 Å². The molecule has 1 unspecified atom stereocenters. The van der Waals surface area contributed by atoms with Gasteiger partial charge in [-0.05, 0) is 12.1 Å². The Labute approximate surface area is 125 Å². The maximum Gasteiger partial charge on any atom is 0.317 e. The smallest absolute Gasteiger partial charge is 0.317 e. The van der Waals surface area contributed by atoms with Crippen molar-refractivity contribution < 1.29 is 14.7 Å². The zero-order valence-corrected chi connectivity index (χ0v) is 13.0. The number of nitrogens with one attached hydrogen (secondary N) is 1. The van der Waals surface area contributed by atoms with Crippen LogP contribution in [-0.2, 0) is 10.2 Å². The minimum Gasteiger partial charge on any atom is -0.481 e. The van der Waals surface area contributed by atoms with E-state index in [4.69, 9.17) is 5.11 Å². The fraction of sp³-hybridized carbons (Fsp3) is 0.533. The molecule has 6 heteroatoms. The van der Waals surface area contributed by atoms with Gasteiger partial charge in [0.05, 0.1) is 5.92 Å². The first-order valence-electron chi connectivity index (χ1n) is 6.87. The van der Waals surface area contributed by atoms with Gasteiger partial charge in [0.25, 0.3) is 0 Å². The number of nitrogens with zero attached hydrogens (tertiary/aromatic N) is 2. The van der Waals surface area contributed by atoms with Gasteiger partial charge in [0, 0.05) is 37.4 Å². The van der Waals surface area contributed by atoms with E-state index >= 15 is 0 Å². The van der Waals surface area contributed by atoms with Gasteiger partial charge in [0.2, 0.25) is 0 Å². The molecule has 0 saturated carbocycles. The Morgan fingerprint density at radius 2 is 2.10 bits per heavy atom. The first-order chi connectivity index (χ1) is 9.74. The van der Waals surface area contributed by atoms with Gasteiger partial charge in [-0.2, -0.15) is 0 Å². The second-order valence-electron chi connectivity index (χ2n) is 5.88. The van der Waals surface area contributed by atoms with Crippen LogP contribution in [0.5, 0.6) is 0 Å². The molecule has 0 saturated heterocycles. The fourth-order valence-electron chi connectivity index (χ4n) is 1.86. The molecule has 6 nitrogen and oxygen atoms in total. The molecule has 1 heterocycles. The lowest BCUT2D eigenvalue weighted by Gasteiger charge is -2.27. The number of carbonyl (C=O) groups excluding carboxylic acids is 1. The Kier molecular flexibility index (Phi) is 5.69. The number of aromatic nitrogens is 1. The molecular weight excluding hydrogens is 270 g/mol. The van der Waals surface area contributed by atoms with Crippen molar-refractivity contribution in [2.75, 3.05) is 20.1 Å². The van der Waals surface area contributed by atoms with E-state index in [2.05, 4.69) is 10.3 Å². The third-order valence-corrected chi connectivity index (χ3v) is 3.36. The van der Waals surface area contributed by atoms with Gasteiger partial charge in [0.15, 0.2) is 0 Å². The van der Waals surface area contributed by atoms with E-state index in [1.165, 1.54) is 4.90 Å². The third kappa shape index (κ3) is 5.06. The highest BCUT2D eigenvalue weighted by atomic mass is 16.4. The number of rotatable bonds is 6. The molecule has 0 aliphatic heterocycles. The normalized spacial score (nSPS) is 12.6. The van der Waals surface area contributed by atoms with Crippen molar-refractivity contribution in [2.45, 2.75) is 26.2 Å². The quantitative estimate of drug-likeness (QED) is 0.836. The standard InChI is InChI=1S/C15H23N3O3/c1-11(13(19)20)9-18(4)14(21)17-10-15(2,3)12-7-5-6-8-16-12/h5-8,11H,9-10H2,1-4H3,(H,17,21)(H,19,20). The summed E-state index contributed by atoms with van der Waals surface area (Å²) in [5.41, 5.74) is 0.600. The molecule has 0 aliphatic carbocycles. The van der Waals surface area contributed by atoms with Gasteiger partial charge >= 0.3 is 12.0 Å². The summed E-state index contributed by atoms with van der Waals surface area (Å²) in [6.07, 6.45) is 1.72. The summed E-state index contributed by atoms with van der Waals surface area (Å²) in [4.78, 5) is 28.5. The highest BCUT2D eigenvalue weighted by molar-refractivity contribution is 5.75. The summed E-state index contributed by atoms with van der Waals surface area (Å²) in [5.74, 6) is -1.51. The van der Waals surface area contributed by atoms with Crippen LogP contribution in [0.25, 0.3) is 0 Å². The number of pyridine rings is 1. The molecule has 116 valence electrons. The molecule has 21 heavy (non-hydrogen) atoms. The average Bonchev–Trinajstić information content (AvgIpc) is 2.45. The molecule has 2 N–H and O–H groups in total. The van der Waals surface area contributed by atoms with E-state index in [1.54, 1.807) is 20.2 Å². The summed E-state index contributed by atoms with van der Waals surface area (Å²) < 4.78 is 0. The van der Waals surface area contributed by atoms with Crippen LogP contribution in [0, 0.1) is 5.92 Å². The number of amides is 2. The van der Waals surface area contributed by atoms with Crippen LogP contribution >= 0.6 is 0 Å². The van der Waals surface area contributed by atoms with Crippen LogP contribution in [-0.4, -0.2) is 47.1 Å². The molecule has 1 aromatic heterocycles. The zero-order valence-electron chi connectivity index (χ0n) is 13.0. The molecule has 0 spiro atoms. The average molecular weight is 293 g/mol. The molecule has 2 amide bonds. The Bertz CT molecular complexity index is 488. The molecule has 0 aliphatic rings. The summed E-state index contributed by atoms with van der Waals surface area (Å²) in [6.45, 7) is 6.16. The lowest BCUT2D eigenvalue weighted by Crippen LogP contribution is -2.45. The highest BCUT2D eigenvalue weighted by Gasteiger charge is 2.24. The fourth-order valence-corrected chi connectivity index (χ4v) is 1.86. The summed E-state index contributed by atoms with van der Waals surface area (Å²) in [5, 5.41) is 11.7. The first-order valence-corrected chi connectivity index (χ1v) is 6.87. The van der Waals surface area contributed by atoms with Crippen molar-refractivity contribution in [3.8, 4) is 0 Å². The molecule has 1 aromatic rings.